The van der Waals surface area contributed by atoms with E-state index >= 15 is 0 Å². The summed E-state index contributed by atoms with van der Waals surface area (Å²) in [5.41, 5.74) is 1.64. The second kappa shape index (κ2) is 6.70. The van der Waals surface area contributed by atoms with Gasteiger partial charge in [-0.1, -0.05) is 11.3 Å². The largest absolute Gasteiger partial charge is 0.351 e. The minimum Gasteiger partial charge on any atom is -0.351 e. The van der Waals surface area contributed by atoms with E-state index in [9.17, 15) is 13.2 Å². The molecular weight excluding hydrogens is 378 g/mol. The first-order chi connectivity index (χ1) is 12.5. The van der Waals surface area contributed by atoms with Crippen LogP contribution in [0.1, 0.15) is 12.8 Å². The van der Waals surface area contributed by atoms with E-state index in [0.717, 1.165) is 16.7 Å². The molecule has 4 heterocycles. The van der Waals surface area contributed by atoms with Crippen molar-refractivity contribution in [3.63, 3.8) is 0 Å². The third-order valence-corrected chi connectivity index (χ3v) is 7.13. The molecule has 10 nitrogen and oxygen atoms in total. The molecule has 1 aliphatic rings. The van der Waals surface area contributed by atoms with E-state index in [2.05, 4.69) is 30.5 Å². The van der Waals surface area contributed by atoms with Crippen molar-refractivity contribution in [2.45, 2.75) is 23.2 Å². The summed E-state index contributed by atoms with van der Waals surface area (Å²) in [4.78, 5) is 22.6. The van der Waals surface area contributed by atoms with Crippen LogP contribution >= 0.6 is 11.3 Å². The number of aromatic amines is 1. The Bertz CT molecular complexity index is 1070. The highest BCUT2D eigenvalue weighted by molar-refractivity contribution is 7.91. The van der Waals surface area contributed by atoms with E-state index in [1.807, 2.05) is 0 Å². The summed E-state index contributed by atoms with van der Waals surface area (Å²) in [6.45, 7) is 0.758. The smallest absolute Gasteiger partial charge is 0.272 e. The molecule has 2 N–H and O–H groups in total. The van der Waals surface area contributed by atoms with Crippen molar-refractivity contribution in [3.8, 4) is 0 Å². The first kappa shape index (κ1) is 17.0. The van der Waals surface area contributed by atoms with Gasteiger partial charge in [0.1, 0.15) is 11.2 Å². The monoisotopic (exact) mass is 393 g/mol. The van der Waals surface area contributed by atoms with Crippen LogP contribution in [0.25, 0.3) is 11.0 Å². The molecule has 0 aliphatic carbocycles. The van der Waals surface area contributed by atoms with Crippen molar-refractivity contribution in [2.75, 3.05) is 18.4 Å². The standard InChI is InChI=1S/C14H15N7O3S2/c22-11-2-1-9-7-15-13(19-12(9)18-11)17-10-3-5-21(6-4-10)26(23,24)14-20-16-8-25-14/h1-2,7-8,10H,3-6H2,(H2,15,17,18,19,22). The van der Waals surface area contributed by atoms with Gasteiger partial charge in [0.15, 0.2) is 0 Å². The zero-order chi connectivity index (χ0) is 18.1. The molecule has 0 bridgehead atoms. The minimum absolute atomic E-state index is 0.0192. The number of hydrogen-bond acceptors (Lipinski definition) is 9. The summed E-state index contributed by atoms with van der Waals surface area (Å²) in [5, 5.41) is 11.2. The fourth-order valence-corrected chi connectivity index (χ4v) is 5.09. The number of hydrogen-bond donors (Lipinski definition) is 2. The van der Waals surface area contributed by atoms with Gasteiger partial charge in [-0.25, -0.2) is 13.4 Å². The molecule has 0 unspecified atom stereocenters. The van der Waals surface area contributed by atoms with Crippen molar-refractivity contribution in [1.29, 1.82) is 0 Å². The predicted octanol–water partition coefficient (Wildman–Crippen LogP) is 0.435. The molecule has 0 amide bonds. The number of nitrogens with one attached hydrogen (secondary N) is 2. The SMILES string of the molecule is O=c1ccc2cnc(NC3CCN(S(=O)(=O)c4nncs4)CC3)nc2[nH]1. The molecule has 3 aromatic rings. The highest BCUT2D eigenvalue weighted by atomic mass is 32.2. The first-order valence-corrected chi connectivity index (χ1v) is 10.2. The molecule has 3 aromatic heterocycles. The van der Waals surface area contributed by atoms with E-state index < -0.39 is 10.0 Å². The topological polar surface area (TPSA) is 134 Å². The minimum atomic E-state index is -3.57. The van der Waals surface area contributed by atoms with Gasteiger partial charge in [0.25, 0.3) is 10.0 Å². The number of piperidine rings is 1. The summed E-state index contributed by atoms with van der Waals surface area (Å²) in [5.74, 6) is 0.407. The number of fused-ring (bicyclic) bond motifs is 1. The lowest BCUT2D eigenvalue weighted by Crippen LogP contribution is -2.42. The highest BCUT2D eigenvalue weighted by Gasteiger charge is 2.31. The number of pyridine rings is 1. The van der Waals surface area contributed by atoms with Gasteiger partial charge >= 0.3 is 0 Å². The second-order valence-corrected chi connectivity index (χ2v) is 8.79. The van der Waals surface area contributed by atoms with Gasteiger partial charge in [0.05, 0.1) is 0 Å². The molecule has 0 saturated carbocycles. The number of sulfonamides is 1. The van der Waals surface area contributed by atoms with Gasteiger partial charge in [-0.2, -0.15) is 9.29 Å². The van der Waals surface area contributed by atoms with Crippen LogP contribution in [0, 0.1) is 0 Å². The second-order valence-electron chi connectivity index (χ2n) is 5.85. The molecule has 1 aliphatic heterocycles. The van der Waals surface area contributed by atoms with Crippen molar-refractivity contribution < 1.29 is 8.42 Å². The molecule has 4 rings (SSSR count). The van der Waals surface area contributed by atoms with Gasteiger partial charge in [-0.3, -0.25) is 4.79 Å². The molecule has 136 valence electrons. The third kappa shape index (κ3) is 3.30. The van der Waals surface area contributed by atoms with Crippen LogP contribution in [-0.2, 0) is 10.0 Å². The van der Waals surface area contributed by atoms with Crippen LogP contribution in [-0.4, -0.2) is 57.0 Å². The third-order valence-electron chi connectivity index (χ3n) is 4.16. The summed E-state index contributed by atoms with van der Waals surface area (Å²) in [7, 11) is -3.57. The Morgan fingerprint density at radius 1 is 1.27 bits per heavy atom. The summed E-state index contributed by atoms with van der Waals surface area (Å²) < 4.78 is 26.3. The van der Waals surface area contributed by atoms with E-state index in [1.54, 1.807) is 12.3 Å². The average Bonchev–Trinajstić information content (AvgIpc) is 3.17. The van der Waals surface area contributed by atoms with Crippen LogP contribution in [0.4, 0.5) is 5.95 Å². The molecule has 1 fully saturated rings. The van der Waals surface area contributed by atoms with Gasteiger partial charge in [-0.05, 0) is 18.9 Å². The van der Waals surface area contributed by atoms with Crippen LogP contribution in [0.5, 0.6) is 0 Å². The highest BCUT2D eigenvalue weighted by Crippen LogP contribution is 2.22. The number of anilines is 1. The fourth-order valence-electron chi connectivity index (χ4n) is 2.82. The van der Waals surface area contributed by atoms with Crippen LogP contribution in [0.2, 0.25) is 0 Å². The Morgan fingerprint density at radius 2 is 2.08 bits per heavy atom. The van der Waals surface area contributed by atoms with Crippen molar-refractivity contribution in [3.05, 3.63) is 34.2 Å². The summed E-state index contributed by atoms with van der Waals surface area (Å²) in [6.07, 6.45) is 2.87. The lowest BCUT2D eigenvalue weighted by atomic mass is 10.1. The van der Waals surface area contributed by atoms with Crippen LogP contribution in [0.15, 0.2) is 33.0 Å². The van der Waals surface area contributed by atoms with Gasteiger partial charge in [-0.15, -0.1) is 10.2 Å². The normalized spacial score (nSPS) is 16.8. The molecule has 26 heavy (non-hydrogen) atoms. The number of rotatable bonds is 4. The molecule has 0 aromatic carbocycles. The Hall–Kier alpha value is -2.44. The van der Waals surface area contributed by atoms with Gasteiger partial charge in [0.2, 0.25) is 15.8 Å². The van der Waals surface area contributed by atoms with Crippen molar-refractivity contribution in [2.24, 2.45) is 0 Å². The number of H-pyrrole nitrogens is 1. The van der Waals surface area contributed by atoms with Crippen LogP contribution in [0.3, 0.4) is 0 Å². The van der Waals surface area contributed by atoms with E-state index in [1.165, 1.54) is 15.9 Å². The van der Waals surface area contributed by atoms with E-state index in [4.69, 9.17) is 0 Å². The van der Waals surface area contributed by atoms with Crippen molar-refractivity contribution in [1.82, 2.24) is 29.5 Å². The summed E-state index contributed by atoms with van der Waals surface area (Å²) >= 11 is 1.01. The molecule has 1 saturated heterocycles. The van der Waals surface area contributed by atoms with Gasteiger partial charge in [0, 0.05) is 36.8 Å². The number of aromatic nitrogens is 5. The van der Waals surface area contributed by atoms with E-state index in [0.29, 0.717) is 37.5 Å². The Kier molecular flexibility index (Phi) is 4.38. The molecular formula is C14H15N7O3S2. The lowest BCUT2D eigenvalue weighted by Gasteiger charge is -2.30. The first-order valence-electron chi connectivity index (χ1n) is 7.91. The molecule has 0 atom stereocenters. The quantitative estimate of drug-likeness (QED) is 0.652. The zero-order valence-electron chi connectivity index (χ0n) is 13.5. The molecule has 0 spiro atoms. The van der Waals surface area contributed by atoms with Crippen molar-refractivity contribution >= 4 is 38.3 Å². The Balaban J connectivity index is 1.43. The maximum absolute atomic E-state index is 12.4. The van der Waals surface area contributed by atoms with Gasteiger partial charge < -0.3 is 10.3 Å². The van der Waals surface area contributed by atoms with E-state index in [-0.39, 0.29) is 15.9 Å². The zero-order valence-corrected chi connectivity index (χ0v) is 15.1. The number of nitrogens with zero attached hydrogens (tertiary/aromatic N) is 5. The van der Waals surface area contributed by atoms with Crippen LogP contribution < -0.4 is 10.9 Å². The maximum Gasteiger partial charge on any atom is 0.272 e. The lowest BCUT2D eigenvalue weighted by molar-refractivity contribution is 0.329. The summed E-state index contributed by atoms with van der Waals surface area (Å²) in [6, 6.07) is 3.13. The Morgan fingerprint density at radius 3 is 2.81 bits per heavy atom. The Labute approximate surface area is 152 Å². The predicted molar refractivity (Wildman–Crippen MR) is 95.5 cm³/mol. The molecule has 0 radical (unpaired) electrons. The molecule has 12 heteroatoms. The fraction of sp³-hybridized carbons (Fsp3) is 0.357. The average molecular weight is 393 g/mol. The maximum atomic E-state index is 12.4.